The third kappa shape index (κ3) is 8.39. The normalized spacial score (nSPS) is 15.5. The zero-order chi connectivity index (χ0) is 27.5. The number of hydrogen-bond donors (Lipinski definition) is 2. The Kier molecular flexibility index (Phi) is 10.5. The number of aromatic nitrogens is 1. The largest absolute Gasteiger partial charge is 0.369 e. The molecule has 2 unspecified atom stereocenters. The number of piperazine rings is 1. The molecule has 2 atom stereocenters. The zero-order valence-electron chi connectivity index (χ0n) is 23.0. The number of pyridine rings is 1. The molecule has 0 saturated carbocycles. The number of hydrogen-bond acceptors (Lipinski definition) is 5. The summed E-state index contributed by atoms with van der Waals surface area (Å²) >= 11 is 0. The van der Waals surface area contributed by atoms with E-state index in [2.05, 4.69) is 74.7 Å². The standard InChI is InChI=1S/C32H41N5O2/c1-25(22-28(31(33)38)23-26-10-9-15-34-24-26)32(39)35-16-7-8-17-36-18-20-37(21-19-36)30-14-6-5-13-29(30)27-11-3-2-4-12-27/h2-6,9-15,24-25,28H,7-8,16-23H2,1H3,(H2,33,38)(H,35,39). The Morgan fingerprint density at radius 2 is 1.69 bits per heavy atom. The van der Waals surface area contributed by atoms with Crippen LogP contribution in [-0.4, -0.2) is 61.0 Å². The van der Waals surface area contributed by atoms with Gasteiger partial charge in [0.15, 0.2) is 0 Å². The van der Waals surface area contributed by atoms with Crippen LogP contribution in [0.15, 0.2) is 79.1 Å². The van der Waals surface area contributed by atoms with E-state index in [4.69, 9.17) is 5.73 Å². The number of nitrogens with one attached hydrogen (secondary N) is 1. The maximum absolute atomic E-state index is 12.6. The Hall–Kier alpha value is -3.71. The average Bonchev–Trinajstić information content (AvgIpc) is 2.97. The summed E-state index contributed by atoms with van der Waals surface area (Å²) < 4.78 is 0. The van der Waals surface area contributed by atoms with Gasteiger partial charge >= 0.3 is 0 Å². The molecule has 0 spiro atoms. The van der Waals surface area contributed by atoms with E-state index in [9.17, 15) is 9.59 Å². The molecule has 0 aliphatic carbocycles. The third-order valence-corrected chi connectivity index (χ3v) is 7.60. The van der Waals surface area contributed by atoms with Crippen molar-refractivity contribution in [2.75, 3.05) is 44.2 Å². The minimum absolute atomic E-state index is 0.0156. The van der Waals surface area contributed by atoms with Crippen molar-refractivity contribution >= 4 is 17.5 Å². The molecule has 1 aliphatic heterocycles. The molecule has 0 bridgehead atoms. The monoisotopic (exact) mass is 527 g/mol. The van der Waals surface area contributed by atoms with Crippen molar-refractivity contribution in [1.29, 1.82) is 0 Å². The molecular weight excluding hydrogens is 486 g/mol. The van der Waals surface area contributed by atoms with E-state index >= 15 is 0 Å². The van der Waals surface area contributed by atoms with Gasteiger partial charge in [-0.05, 0) is 55.5 Å². The molecule has 2 aromatic carbocycles. The summed E-state index contributed by atoms with van der Waals surface area (Å²) in [5.74, 6) is -1.04. The first kappa shape index (κ1) is 28.3. The predicted molar refractivity (Wildman–Crippen MR) is 157 cm³/mol. The van der Waals surface area contributed by atoms with E-state index in [1.165, 1.54) is 16.8 Å². The van der Waals surface area contributed by atoms with Gasteiger partial charge in [0.25, 0.3) is 0 Å². The maximum Gasteiger partial charge on any atom is 0.222 e. The van der Waals surface area contributed by atoms with Gasteiger partial charge in [-0.3, -0.25) is 19.5 Å². The first-order chi connectivity index (χ1) is 19.0. The minimum Gasteiger partial charge on any atom is -0.369 e. The topological polar surface area (TPSA) is 91.6 Å². The second-order valence-electron chi connectivity index (χ2n) is 10.5. The Labute approximate surface area is 232 Å². The highest BCUT2D eigenvalue weighted by molar-refractivity contribution is 5.81. The summed E-state index contributed by atoms with van der Waals surface area (Å²) in [6.07, 6.45) is 6.36. The fraction of sp³-hybridized carbons (Fsp3) is 0.406. The summed E-state index contributed by atoms with van der Waals surface area (Å²) in [5, 5.41) is 3.05. The van der Waals surface area contributed by atoms with Crippen LogP contribution in [0.25, 0.3) is 11.1 Å². The van der Waals surface area contributed by atoms with Gasteiger partial charge in [0.2, 0.25) is 11.8 Å². The lowest BCUT2D eigenvalue weighted by atomic mass is 9.89. The number of para-hydroxylation sites is 1. The Balaban J connectivity index is 1.14. The lowest BCUT2D eigenvalue weighted by Crippen LogP contribution is -2.46. The SMILES string of the molecule is CC(CC(Cc1cccnc1)C(N)=O)C(=O)NCCCCN1CCN(c2ccccc2-c2ccccc2)CC1. The number of nitrogens with zero attached hydrogens (tertiary/aromatic N) is 3. The molecule has 206 valence electrons. The number of amides is 2. The van der Waals surface area contributed by atoms with Gasteiger partial charge in [0, 0.05) is 68.2 Å². The molecule has 3 aromatic rings. The summed E-state index contributed by atoms with van der Waals surface area (Å²) in [5.41, 5.74) is 10.4. The molecule has 2 heterocycles. The highest BCUT2D eigenvalue weighted by Gasteiger charge is 2.23. The van der Waals surface area contributed by atoms with E-state index in [-0.39, 0.29) is 23.7 Å². The fourth-order valence-electron chi connectivity index (χ4n) is 5.31. The van der Waals surface area contributed by atoms with Gasteiger partial charge in [0.05, 0.1) is 0 Å². The first-order valence-electron chi connectivity index (χ1n) is 14.1. The number of unbranched alkanes of at least 4 members (excludes halogenated alkanes) is 1. The lowest BCUT2D eigenvalue weighted by Gasteiger charge is -2.37. The number of carbonyl (C=O) groups is 2. The second-order valence-corrected chi connectivity index (χ2v) is 10.5. The number of nitrogens with two attached hydrogens (primary N) is 1. The lowest BCUT2D eigenvalue weighted by molar-refractivity contribution is -0.126. The van der Waals surface area contributed by atoms with E-state index in [1.54, 1.807) is 12.4 Å². The van der Waals surface area contributed by atoms with Crippen LogP contribution in [0, 0.1) is 11.8 Å². The van der Waals surface area contributed by atoms with Gasteiger partial charge in [-0.2, -0.15) is 0 Å². The van der Waals surface area contributed by atoms with E-state index < -0.39 is 0 Å². The predicted octanol–water partition coefficient (Wildman–Crippen LogP) is 4.14. The molecule has 39 heavy (non-hydrogen) atoms. The van der Waals surface area contributed by atoms with Gasteiger partial charge in [-0.25, -0.2) is 0 Å². The van der Waals surface area contributed by atoms with Crippen LogP contribution in [0.3, 0.4) is 0 Å². The van der Waals surface area contributed by atoms with Gasteiger partial charge in [-0.1, -0.05) is 61.5 Å². The van der Waals surface area contributed by atoms with Gasteiger partial charge < -0.3 is 16.0 Å². The highest BCUT2D eigenvalue weighted by Crippen LogP contribution is 2.31. The summed E-state index contributed by atoms with van der Waals surface area (Å²) in [4.78, 5) is 33.7. The van der Waals surface area contributed by atoms with Crippen LogP contribution in [0.1, 0.15) is 31.7 Å². The van der Waals surface area contributed by atoms with Crippen molar-refractivity contribution in [3.8, 4) is 11.1 Å². The van der Waals surface area contributed by atoms with Crippen molar-refractivity contribution in [2.45, 2.75) is 32.6 Å². The molecule has 7 nitrogen and oxygen atoms in total. The van der Waals surface area contributed by atoms with Crippen molar-refractivity contribution in [1.82, 2.24) is 15.2 Å². The fourth-order valence-corrected chi connectivity index (χ4v) is 5.31. The number of anilines is 1. The Morgan fingerprint density at radius 1 is 0.949 bits per heavy atom. The Morgan fingerprint density at radius 3 is 2.41 bits per heavy atom. The van der Waals surface area contributed by atoms with Gasteiger partial charge in [-0.15, -0.1) is 0 Å². The van der Waals surface area contributed by atoms with Gasteiger partial charge in [0.1, 0.15) is 0 Å². The van der Waals surface area contributed by atoms with Crippen molar-refractivity contribution in [3.05, 3.63) is 84.7 Å². The molecular formula is C32H41N5O2. The third-order valence-electron chi connectivity index (χ3n) is 7.60. The summed E-state index contributed by atoms with van der Waals surface area (Å²) in [6, 6.07) is 23.0. The van der Waals surface area contributed by atoms with Crippen LogP contribution in [0.5, 0.6) is 0 Å². The van der Waals surface area contributed by atoms with Crippen LogP contribution >= 0.6 is 0 Å². The zero-order valence-corrected chi connectivity index (χ0v) is 23.0. The molecule has 3 N–H and O–H groups in total. The van der Waals surface area contributed by atoms with E-state index in [0.29, 0.717) is 19.4 Å². The first-order valence-corrected chi connectivity index (χ1v) is 14.1. The second kappa shape index (κ2) is 14.4. The molecule has 2 amide bonds. The number of benzene rings is 2. The number of primary amides is 1. The molecule has 7 heteroatoms. The Bertz CT molecular complexity index is 1180. The summed E-state index contributed by atoms with van der Waals surface area (Å²) in [7, 11) is 0. The molecule has 1 saturated heterocycles. The quantitative estimate of drug-likeness (QED) is 0.326. The number of carbonyl (C=O) groups excluding carboxylic acids is 2. The van der Waals surface area contributed by atoms with Crippen LogP contribution in [0.2, 0.25) is 0 Å². The molecule has 0 radical (unpaired) electrons. The highest BCUT2D eigenvalue weighted by atomic mass is 16.2. The minimum atomic E-state index is -0.381. The van der Waals surface area contributed by atoms with Crippen molar-refractivity contribution < 1.29 is 9.59 Å². The summed E-state index contributed by atoms with van der Waals surface area (Å²) in [6.45, 7) is 7.65. The number of rotatable bonds is 13. The maximum atomic E-state index is 12.6. The van der Waals surface area contributed by atoms with Crippen LogP contribution in [0.4, 0.5) is 5.69 Å². The molecule has 1 fully saturated rings. The smallest absolute Gasteiger partial charge is 0.222 e. The van der Waals surface area contributed by atoms with E-state index in [1.807, 2.05) is 19.1 Å². The van der Waals surface area contributed by atoms with Crippen molar-refractivity contribution in [2.24, 2.45) is 17.6 Å². The van der Waals surface area contributed by atoms with E-state index in [0.717, 1.165) is 51.1 Å². The average molecular weight is 528 g/mol. The molecule has 4 rings (SSSR count). The van der Waals surface area contributed by atoms with Crippen LogP contribution in [-0.2, 0) is 16.0 Å². The molecule has 1 aliphatic rings. The van der Waals surface area contributed by atoms with Crippen molar-refractivity contribution in [3.63, 3.8) is 0 Å². The van der Waals surface area contributed by atoms with Crippen LogP contribution < -0.4 is 16.0 Å². The molecule has 1 aromatic heterocycles.